The molecular formula is C20H26ClN3O2S. The molecule has 146 valence electrons. The number of carbonyl (C=O) groups excluding carboxylic acids is 1. The molecule has 27 heavy (non-hydrogen) atoms. The van der Waals surface area contributed by atoms with Gasteiger partial charge in [-0.3, -0.25) is 9.48 Å². The van der Waals surface area contributed by atoms with Crippen molar-refractivity contribution in [1.29, 1.82) is 0 Å². The predicted octanol–water partition coefficient (Wildman–Crippen LogP) is 4.55. The normalized spacial score (nSPS) is 15.8. The van der Waals surface area contributed by atoms with Crippen LogP contribution in [0.1, 0.15) is 43.6 Å². The molecule has 1 aliphatic rings. The van der Waals surface area contributed by atoms with Crippen LogP contribution in [-0.2, 0) is 11.3 Å². The van der Waals surface area contributed by atoms with Gasteiger partial charge in [-0.25, -0.2) is 0 Å². The van der Waals surface area contributed by atoms with Gasteiger partial charge in [-0.05, 0) is 36.3 Å². The van der Waals surface area contributed by atoms with Crippen LogP contribution in [0.4, 0.5) is 5.82 Å². The number of nitrogens with one attached hydrogen (secondary N) is 1. The van der Waals surface area contributed by atoms with Crippen molar-refractivity contribution in [2.24, 2.45) is 5.92 Å². The third-order valence-corrected chi connectivity index (χ3v) is 6.38. The molecule has 2 N–H and O–H groups in total. The van der Waals surface area contributed by atoms with E-state index in [9.17, 15) is 4.79 Å². The molecule has 0 aliphatic heterocycles. The maximum atomic E-state index is 13.1. The van der Waals surface area contributed by atoms with E-state index in [-0.39, 0.29) is 18.4 Å². The number of benzene rings is 1. The maximum absolute atomic E-state index is 13.1. The van der Waals surface area contributed by atoms with Crippen LogP contribution >= 0.6 is 23.4 Å². The standard InChI is InChI=1S/C20H26ClN3O2S/c1-27-18-7-6-15(13-17(18)21)16(12-14-4-2-3-5-14)20(26)22-19-8-9-24(23-19)10-11-25/h6-9,13-14,16,25H,2-5,10-12H2,1H3,(H,22,23,26)/t16-/m1/s1. The number of nitrogens with zero attached hydrogens (tertiary/aromatic N) is 2. The summed E-state index contributed by atoms with van der Waals surface area (Å²) in [6.45, 7) is 0.423. The number of halogens is 1. The van der Waals surface area contributed by atoms with Crippen LogP contribution < -0.4 is 5.32 Å². The van der Waals surface area contributed by atoms with Crippen molar-refractivity contribution in [2.45, 2.75) is 49.5 Å². The van der Waals surface area contributed by atoms with E-state index in [1.54, 1.807) is 28.7 Å². The van der Waals surface area contributed by atoms with E-state index in [2.05, 4.69) is 10.4 Å². The van der Waals surface area contributed by atoms with Gasteiger partial charge in [0, 0.05) is 17.2 Å². The lowest BCUT2D eigenvalue weighted by Crippen LogP contribution is -2.23. The molecule has 1 saturated carbocycles. The van der Waals surface area contributed by atoms with Crippen molar-refractivity contribution in [3.8, 4) is 0 Å². The fourth-order valence-electron chi connectivity index (χ4n) is 3.74. The van der Waals surface area contributed by atoms with Gasteiger partial charge < -0.3 is 10.4 Å². The summed E-state index contributed by atoms with van der Waals surface area (Å²) in [5, 5.41) is 16.9. The van der Waals surface area contributed by atoms with E-state index in [1.807, 2.05) is 24.5 Å². The minimum Gasteiger partial charge on any atom is -0.394 e. The molecule has 1 fully saturated rings. The number of anilines is 1. The highest BCUT2D eigenvalue weighted by Crippen LogP contribution is 2.37. The minimum absolute atomic E-state index is 0.0136. The number of aliphatic hydroxyl groups is 1. The summed E-state index contributed by atoms with van der Waals surface area (Å²) in [5.41, 5.74) is 0.956. The van der Waals surface area contributed by atoms with Gasteiger partial charge in [-0.1, -0.05) is 43.4 Å². The molecular weight excluding hydrogens is 382 g/mol. The third kappa shape index (κ3) is 5.27. The average Bonchev–Trinajstić information content (AvgIpc) is 3.32. The van der Waals surface area contributed by atoms with Gasteiger partial charge in [0.15, 0.2) is 5.82 Å². The first-order valence-corrected chi connectivity index (χ1v) is 11.0. The Kier molecular flexibility index (Phi) is 7.21. The van der Waals surface area contributed by atoms with Gasteiger partial charge in [0.05, 0.1) is 24.1 Å². The highest BCUT2D eigenvalue weighted by Gasteiger charge is 2.27. The first-order valence-electron chi connectivity index (χ1n) is 9.39. The van der Waals surface area contributed by atoms with Crippen LogP contribution in [0.25, 0.3) is 0 Å². The van der Waals surface area contributed by atoms with E-state index in [4.69, 9.17) is 16.7 Å². The summed E-state index contributed by atoms with van der Waals surface area (Å²) in [4.78, 5) is 14.1. The molecule has 1 heterocycles. The fourth-order valence-corrected chi connectivity index (χ4v) is 4.62. The highest BCUT2D eigenvalue weighted by molar-refractivity contribution is 7.98. The zero-order chi connectivity index (χ0) is 19.2. The van der Waals surface area contributed by atoms with E-state index in [0.717, 1.165) is 16.9 Å². The van der Waals surface area contributed by atoms with Crippen LogP contribution in [0.15, 0.2) is 35.4 Å². The van der Waals surface area contributed by atoms with Crippen LogP contribution in [-0.4, -0.2) is 33.7 Å². The molecule has 1 aromatic carbocycles. The molecule has 5 nitrogen and oxygen atoms in total. The Balaban J connectivity index is 1.79. The SMILES string of the molecule is CSc1ccc([C@@H](CC2CCCC2)C(=O)Nc2ccn(CCO)n2)cc1Cl. The van der Waals surface area contributed by atoms with E-state index < -0.39 is 0 Å². The average molecular weight is 408 g/mol. The number of rotatable bonds is 8. The number of amides is 1. The Morgan fingerprint density at radius 3 is 2.85 bits per heavy atom. The monoisotopic (exact) mass is 407 g/mol. The summed E-state index contributed by atoms with van der Waals surface area (Å²) >= 11 is 8.00. The summed E-state index contributed by atoms with van der Waals surface area (Å²) in [6.07, 6.45) is 9.44. The van der Waals surface area contributed by atoms with Gasteiger partial charge in [-0.15, -0.1) is 11.8 Å². The van der Waals surface area contributed by atoms with E-state index >= 15 is 0 Å². The van der Waals surface area contributed by atoms with Crippen LogP contribution in [0.5, 0.6) is 0 Å². The lowest BCUT2D eigenvalue weighted by atomic mass is 9.87. The van der Waals surface area contributed by atoms with Crippen molar-refractivity contribution in [1.82, 2.24) is 9.78 Å². The Morgan fingerprint density at radius 1 is 1.41 bits per heavy atom. The summed E-state index contributed by atoms with van der Waals surface area (Å²) in [7, 11) is 0. The van der Waals surface area contributed by atoms with Crippen molar-refractivity contribution in [3.05, 3.63) is 41.0 Å². The lowest BCUT2D eigenvalue weighted by molar-refractivity contribution is -0.118. The molecule has 0 radical (unpaired) electrons. The number of aromatic nitrogens is 2. The Bertz CT molecular complexity index is 774. The zero-order valence-electron chi connectivity index (χ0n) is 15.5. The summed E-state index contributed by atoms with van der Waals surface area (Å²) < 4.78 is 1.62. The van der Waals surface area contributed by atoms with Crippen molar-refractivity contribution in [3.63, 3.8) is 0 Å². The van der Waals surface area contributed by atoms with Crippen molar-refractivity contribution >= 4 is 35.1 Å². The minimum atomic E-state index is -0.246. The first kappa shape index (κ1) is 20.2. The maximum Gasteiger partial charge on any atom is 0.233 e. The van der Waals surface area contributed by atoms with E-state index in [1.165, 1.54) is 25.7 Å². The molecule has 1 atom stereocenters. The van der Waals surface area contributed by atoms with Gasteiger partial charge >= 0.3 is 0 Å². The van der Waals surface area contributed by atoms with Crippen LogP contribution in [0.2, 0.25) is 5.02 Å². The second kappa shape index (κ2) is 9.62. The molecule has 0 unspecified atom stereocenters. The van der Waals surface area contributed by atoms with Crippen molar-refractivity contribution in [2.75, 3.05) is 18.2 Å². The van der Waals surface area contributed by atoms with Crippen molar-refractivity contribution < 1.29 is 9.90 Å². The Hall–Kier alpha value is -1.50. The predicted molar refractivity (Wildman–Crippen MR) is 110 cm³/mol. The van der Waals surface area contributed by atoms with Gasteiger partial charge in [0.1, 0.15) is 0 Å². The molecule has 1 aromatic heterocycles. The summed E-state index contributed by atoms with van der Waals surface area (Å²) in [5.74, 6) is 0.789. The van der Waals surface area contributed by atoms with Crippen LogP contribution in [0, 0.1) is 5.92 Å². The molecule has 7 heteroatoms. The summed E-state index contributed by atoms with van der Waals surface area (Å²) in [6, 6.07) is 7.69. The zero-order valence-corrected chi connectivity index (χ0v) is 17.1. The fraction of sp³-hybridized carbons (Fsp3) is 0.500. The van der Waals surface area contributed by atoms with Gasteiger partial charge in [0.2, 0.25) is 5.91 Å². The highest BCUT2D eigenvalue weighted by atomic mass is 35.5. The second-order valence-electron chi connectivity index (χ2n) is 7.01. The number of aliphatic hydroxyl groups excluding tert-OH is 1. The van der Waals surface area contributed by atoms with Gasteiger partial charge in [0.25, 0.3) is 0 Å². The smallest absolute Gasteiger partial charge is 0.233 e. The van der Waals surface area contributed by atoms with E-state index in [0.29, 0.717) is 23.3 Å². The number of hydrogen-bond donors (Lipinski definition) is 2. The number of thioether (sulfide) groups is 1. The molecule has 0 saturated heterocycles. The Labute approximate surface area is 169 Å². The quantitative estimate of drug-likeness (QED) is 0.630. The molecule has 0 spiro atoms. The molecule has 0 bridgehead atoms. The molecule has 3 rings (SSSR count). The third-order valence-electron chi connectivity index (χ3n) is 5.16. The largest absolute Gasteiger partial charge is 0.394 e. The van der Waals surface area contributed by atoms with Crippen LogP contribution in [0.3, 0.4) is 0 Å². The first-order chi connectivity index (χ1) is 13.1. The lowest BCUT2D eigenvalue weighted by Gasteiger charge is -2.21. The molecule has 1 amide bonds. The number of hydrogen-bond acceptors (Lipinski definition) is 4. The van der Waals surface area contributed by atoms with Gasteiger partial charge in [-0.2, -0.15) is 5.10 Å². The Morgan fingerprint density at radius 2 is 2.19 bits per heavy atom. The molecule has 1 aliphatic carbocycles. The number of carbonyl (C=O) groups is 1. The topological polar surface area (TPSA) is 67.2 Å². The molecule has 2 aromatic rings. The second-order valence-corrected chi connectivity index (χ2v) is 8.26.